The van der Waals surface area contributed by atoms with Gasteiger partial charge in [-0.15, -0.1) is 11.8 Å². The number of carbonyl (C=O) groups excluding carboxylic acids is 2. The van der Waals surface area contributed by atoms with Crippen molar-refractivity contribution < 1.29 is 14.3 Å². The van der Waals surface area contributed by atoms with Gasteiger partial charge in [0.05, 0.1) is 11.9 Å². The summed E-state index contributed by atoms with van der Waals surface area (Å²) in [4.78, 5) is 34.2. The molecule has 5 rings (SSSR count). The van der Waals surface area contributed by atoms with Crippen LogP contribution in [-0.2, 0) is 4.79 Å². The van der Waals surface area contributed by atoms with E-state index in [1.165, 1.54) is 0 Å². The van der Waals surface area contributed by atoms with Gasteiger partial charge in [-0.25, -0.2) is 4.98 Å². The zero-order valence-electron chi connectivity index (χ0n) is 18.9. The smallest absolute Gasteiger partial charge is 0.261 e. The van der Waals surface area contributed by atoms with E-state index < -0.39 is 0 Å². The number of hydrogen-bond donors (Lipinski definition) is 1. The number of aromatic nitrogens is 3. The third kappa shape index (κ3) is 4.94. The number of piperidine rings is 1. The van der Waals surface area contributed by atoms with Crippen molar-refractivity contribution in [3.8, 4) is 17.1 Å². The highest BCUT2D eigenvalue weighted by Gasteiger charge is 2.31. The highest BCUT2D eigenvalue weighted by Crippen LogP contribution is 2.30. The normalized spacial score (nSPS) is 18.2. The first-order chi connectivity index (χ1) is 16.7. The number of H-pyrrole nitrogens is 1. The number of hydrogen-bond acceptors (Lipinski definition) is 6. The molecule has 0 spiro atoms. The summed E-state index contributed by atoms with van der Waals surface area (Å²) in [5.74, 6) is 3.53. The van der Waals surface area contributed by atoms with Crippen molar-refractivity contribution in [1.29, 1.82) is 0 Å². The number of ether oxygens (including phenoxy) is 1. The van der Waals surface area contributed by atoms with Gasteiger partial charge in [-0.2, -0.15) is 5.10 Å². The van der Waals surface area contributed by atoms with Gasteiger partial charge in [0, 0.05) is 30.0 Å². The molecule has 1 aromatic heterocycles. The van der Waals surface area contributed by atoms with Crippen LogP contribution in [0.4, 0.5) is 0 Å². The zero-order chi connectivity index (χ0) is 23.3. The monoisotopic (exact) mass is 477 g/mol. The minimum Gasteiger partial charge on any atom is -0.484 e. The lowest BCUT2D eigenvalue weighted by atomic mass is 10.0. The molecule has 8 nitrogen and oxygen atoms in total. The number of nitrogens with one attached hydrogen (secondary N) is 1. The molecule has 2 aromatic carbocycles. The van der Waals surface area contributed by atoms with Crippen molar-refractivity contribution in [1.82, 2.24) is 25.0 Å². The van der Waals surface area contributed by atoms with E-state index in [1.807, 2.05) is 64.4 Å². The molecule has 2 aliphatic rings. The summed E-state index contributed by atoms with van der Waals surface area (Å²) in [7, 11) is 0. The van der Waals surface area contributed by atoms with E-state index in [1.54, 1.807) is 11.8 Å². The molecular formula is C25H27N5O3S. The van der Waals surface area contributed by atoms with Crippen LogP contribution in [0, 0.1) is 0 Å². The first-order valence-corrected chi connectivity index (χ1v) is 12.7. The number of thioether (sulfide) groups is 1. The maximum atomic E-state index is 13.0. The lowest BCUT2D eigenvalue weighted by Gasteiger charge is -2.34. The second-order valence-corrected chi connectivity index (χ2v) is 9.51. The van der Waals surface area contributed by atoms with Crippen LogP contribution in [0.1, 0.15) is 41.5 Å². The predicted octanol–water partition coefficient (Wildman–Crippen LogP) is 3.75. The minimum atomic E-state index is -0.173. The van der Waals surface area contributed by atoms with Crippen molar-refractivity contribution in [2.24, 2.45) is 0 Å². The minimum absolute atomic E-state index is 0.0134. The lowest BCUT2D eigenvalue weighted by Crippen LogP contribution is -2.41. The number of carbonyl (C=O) groups is 2. The van der Waals surface area contributed by atoms with Gasteiger partial charge < -0.3 is 14.5 Å². The maximum Gasteiger partial charge on any atom is 0.261 e. The summed E-state index contributed by atoms with van der Waals surface area (Å²) < 4.78 is 5.68. The van der Waals surface area contributed by atoms with E-state index in [9.17, 15) is 9.59 Å². The third-order valence-electron chi connectivity index (χ3n) is 6.15. The standard InChI is InChI=1S/C25H27N5O3S/c31-22(16-33-20-9-2-1-3-10-20)30-12-5-4-11-21(30)24-26-23(27-28-24)18-7-6-8-19(15-18)25(32)29-13-14-34-17-29/h1-3,6-10,15,21H,4-5,11-14,16-17H2,(H,26,27,28). The quantitative estimate of drug-likeness (QED) is 0.581. The van der Waals surface area contributed by atoms with Crippen molar-refractivity contribution in [3.63, 3.8) is 0 Å². The molecule has 0 bridgehead atoms. The van der Waals surface area contributed by atoms with Crippen LogP contribution in [0.15, 0.2) is 54.6 Å². The average molecular weight is 478 g/mol. The molecule has 1 unspecified atom stereocenters. The van der Waals surface area contributed by atoms with Gasteiger partial charge in [-0.1, -0.05) is 30.3 Å². The number of para-hydroxylation sites is 1. The molecule has 2 amide bonds. The van der Waals surface area contributed by atoms with E-state index in [4.69, 9.17) is 9.72 Å². The molecule has 0 saturated carbocycles. The van der Waals surface area contributed by atoms with E-state index in [2.05, 4.69) is 10.2 Å². The number of amides is 2. The molecular weight excluding hydrogens is 450 g/mol. The predicted molar refractivity (Wildman–Crippen MR) is 130 cm³/mol. The number of nitrogens with zero attached hydrogens (tertiary/aromatic N) is 4. The summed E-state index contributed by atoms with van der Waals surface area (Å²) in [5, 5.41) is 7.45. The lowest BCUT2D eigenvalue weighted by molar-refractivity contribution is -0.137. The molecule has 3 heterocycles. The Kier molecular flexibility index (Phi) is 6.80. The number of benzene rings is 2. The van der Waals surface area contributed by atoms with E-state index in [0.29, 0.717) is 29.5 Å². The van der Waals surface area contributed by atoms with Gasteiger partial charge >= 0.3 is 0 Å². The Morgan fingerprint density at radius 2 is 1.97 bits per heavy atom. The fraction of sp³-hybridized carbons (Fsp3) is 0.360. The van der Waals surface area contributed by atoms with E-state index in [-0.39, 0.29) is 24.5 Å². The molecule has 1 atom stereocenters. The second-order valence-electron chi connectivity index (χ2n) is 8.43. The van der Waals surface area contributed by atoms with Crippen LogP contribution in [-0.4, -0.2) is 68.1 Å². The summed E-state index contributed by atoms with van der Waals surface area (Å²) in [6.07, 6.45) is 2.78. The molecule has 2 saturated heterocycles. The summed E-state index contributed by atoms with van der Waals surface area (Å²) in [6, 6.07) is 16.6. The van der Waals surface area contributed by atoms with Crippen molar-refractivity contribution >= 4 is 23.6 Å². The van der Waals surface area contributed by atoms with Crippen molar-refractivity contribution in [2.75, 3.05) is 31.3 Å². The molecule has 9 heteroatoms. The molecule has 0 aliphatic carbocycles. The van der Waals surface area contributed by atoms with Gasteiger partial charge in [-0.3, -0.25) is 14.7 Å². The Bertz CT molecular complexity index is 1150. The van der Waals surface area contributed by atoms with Gasteiger partial charge in [-0.05, 0) is 43.5 Å². The molecule has 176 valence electrons. The summed E-state index contributed by atoms with van der Waals surface area (Å²) in [5.41, 5.74) is 1.42. The van der Waals surface area contributed by atoms with E-state index in [0.717, 1.165) is 43.0 Å². The van der Waals surface area contributed by atoms with Gasteiger partial charge in [0.25, 0.3) is 11.8 Å². The van der Waals surface area contributed by atoms with E-state index >= 15 is 0 Å². The topological polar surface area (TPSA) is 91.4 Å². The molecule has 2 aliphatic heterocycles. The van der Waals surface area contributed by atoms with Crippen LogP contribution in [0.25, 0.3) is 11.4 Å². The Labute approximate surface area is 202 Å². The Morgan fingerprint density at radius 1 is 1.09 bits per heavy atom. The molecule has 2 fully saturated rings. The average Bonchev–Trinajstić information content (AvgIpc) is 3.61. The zero-order valence-corrected chi connectivity index (χ0v) is 19.7. The van der Waals surface area contributed by atoms with Crippen LogP contribution < -0.4 is 4.74 Å². The first kappa shape index (κ1) is 22.5. The van der Waals surface area contributed by atoms with Gasteiger partial charge in [0.15, 0.2) is 12.4 Å². The molecule has 3 aromatic rings. The Hall–Kier alpha value is -3.33. The highest BCUT2D eigenvalue weighted by molar-refractivity contribution is 7.99. The first-order valence-electron chi connectivity index (χ1n) is 11.6. The van der Waals surface area contributed by atoms with Crippen molar-refractivity contribution in [3.05, 3.63) is 66.0 Å². The third-order valence-corrected chi connectivity index (χ3v) is 7.12. The largest absolute Gasteiger partial charge is 0.484 e. The van der Waals surface area contributed by atoms with Crippen LogP contribution in [0.3, 0.4) is 0 Å². The van der Waals surface area contributed by atoms with Gasteiger partial charge in [0.2, 0.25) is 0 Å². The highest BCUT2D eigenvalue weighted by atomic mass is 32.2. The fourth-order valence-electron chi connectivity index (χ4n) is 4.36. The summed E-state index contributed by atoms with van der Waals surface area (Å²) in [6.45, 7) is 1.42. The van der Waals surface area contributed by atoms with Crippen LogP contribution >= 0.6 is 11.8 Å². The Morgan fingerprint density at radius 3 is 2.79 bits per heavy atom. The molecule has 34 heavy (non-hydrogen) atoms. The van der Waals surface area contributed by atoms with Crippen molar-refractivity contribution in [2.45, 2.75) is 25.3 Å². The maximum absolute atomic E-state index is 13.0. The van der Waals surface area contributed by atoms with Crippen LogP contribution in [0.5, 0.6) is 5.75 Å². The number of likely N-dealkylation sites (tertiary alicyclic amines) is 1. The SMILES string of the molecule is O=C(c1cccc(-c2n[nH]c(C3CCCCN3C(=O)COc3ccccc3)n2)c1)N1CCSC1. The number of aromatic amines is 1. The Balaban J connectivity index is 1.30. The summed E-state index contributed by atoms with van der Waals surface area (Å²) >= 11 is 1.76. The van der Waals surface area contributed by atoms with Crippen LogP contribution in [0.2, 0.25) is 0 Å². The second kappa shape index (κ2) is 10.3. The van der Waals surface area contributed by atoms with Gasteiger partial charge in [0.1, 0.15) is 11.6 Å². The number of rotatable bonds is 6. The molecule has 0 radical (unpaired) electrons. The fourth-order valence-corrected chi connectivity index (χ4v) is 5.30. The molecule has 1 N–H and O–H groups in total.